The predicted molar refractivity (Wildman–Crippen MR) is 213 cm³/mol. The van der Waals surface area contributed by atoms with Crippen LogP contribution in [0.5, 0.6) is 0 Å². The fourth-order valence-corrected chi connectivity index (χ4v) is 8.23. The van der Waals surface area contributed by atoms with Crippen LogP contribution in [0.1, 0.15) is 0 Å². The van der Waals surface area contributed by atoms with Gasteiger partial charge in [-0.1, -0.05) is 127 Å². The maximum absolute atomic E-state index is 7.18. The quantitative estimate of drug-likeness (QED) is 0.186. The molecule has 0 bridgehead atoms. The number of rotatable bonds is 4. The molecule has 0 saturated heterocycles. The van der Waals surface area contributed by atoms with E-state index in [-0.39, 0.29) is 0 Å². The van der Waals surface area contributed by atoms with Crippen molar-refractivity contribution in [1.82, 2.24) is 9.13 Å². The van der Waals surface area contributed by atoms with Gasteiger partial charge in [0.1, 0.15) is 5.58 Å². The van der Waals surface area contributed by atoms with Crippen molar-refractivity contribution in [3.63, 3.8) is 0 Å². The van der Waals surface area contributed by atoms with Crippen molar-refractivity contribution in [2.45, 2.75) is 0 Å². The van der Waals surface area contributed by atoms with E-state index in [1.165, 1.54) is 38.4 Å². The van der Waals surface area contributed by atoms with Crippen LogP contribution in [0.15, 0.2) is 186 Å². The van der Waals surface area contributed by atoms with Crippen molar-refractivity contribution >= 4 is 65.6 Å². The molecule has 3 heteroatoms. The summed E-state index contributed by atoms with van der Waals surface area (Å²) in [5, 5.41) is 6.94. The topological polar surface area (TPSA) is 23.0 Å². The van der Waals surface area contributed by atoms with E-state index in [0.717, 1.165) is 60.8 Å². The summed E-state index contributed by atoms with van der Waals surface area (Å²) >= 11 is 0. The average molecular weight is 651 g/mol. The molecule has 3 nitrogen and oxygen atoms in total. The normalized spacial score (nSPS) is 11.9. The number of para-hydroxylation sites is 2. The van der Waals surface area contributed by atoms with E-state index in [1.807, 2.05) is 0 Å². The van der Waals surface area contributed by atoms with Crippen LogP contribution >= 0.6 is 0 Å². The van der Waals surface area contributed by atoms with Gasteiger partial charge < -0.3 is 13.6 Å². The Morgan fingerprint density at radius 1 is 0.314 bits per heavy atom. The van der Waals surface area contributed by atoms with Gasteiger partial charge in [0.25, 0.3) is 0 Å². The van der Waals surface area contributed by atoms with Gasteiger partial charge in [0.05, 0.1) is 27.5 Å². The molecule has 3 aromatic heterocycles. The van der Waals surface area contributed by atoms with Crippen molar-refractivity contribution < 1.29 is 4.42 Å². The zero-order chi connectivity index (χ0) is 33.5. The molecule has 0 atom stereocenters. The number of benzene rings is 8. The highest BCUT2D eigenvalue weighted by Gasteiger charge is 2.22. The smallest absolute Gasteiger partial charge is 0.160 e. The molecule has 0 spiro atoms. The lowest BCUT2D eigenvalue weighted by molar-refractivity contribution is 0.675. The number of aromatic nitrogens is 2. The summed E-state index contributed by atoms with van der Waals surface area (Å²) in [5.41, 5.74) is 13.4. The minimum atomic E-state index is 0.904. The Kier molecular flexibility index (Phi) is 5.96. The summed E-state index contributed by atoms with van der Waals surface area (Å²) in [4.78, 5) is 0. The molecular weight excluding hydrogens is 621 g/mol. The lowest BCUT2D eigenvalue weighted by Gasteiger charge is -2.10. The van der Waals surface area contributed by atoms with E-state index < -0.39 is 0 Å². The number of furan rings is 1. The van der Waals surface area contributed by atoms with E-state index >= 15 is 0 Å². The molecule has 238 valence electrons. The van der Waals surface area contributed by atoms with Crippen molar-refractivity contribution in [1.29, 1.82) is 0 Å². The van der Waals surface area contributed by atoms with Crippen LogP contribution in [0.25, 0.3) is 99.2 Å². The van der Waals surface area contributed by atoms with Crippen molar-refractivity contribution in [2.75, 3.05) is 0 Å². The summed E-state index contributed by atoms with van der Waals surface area (Å²) in [7, 11) is 0. The van der Waals surface area contributed by atoms with Gasteiger partial charge in [-0.3, -0.25) is 0 Å². The second kappa shape index (κ2) is 10.8. The summed E-state index contributed by atoms with van der Waals surface area (Å²) in [6.07, 6.45) is 0. The molecule has 51 heavy (non-hydrogen) atoms. The van der Waals surface area contributed by atoms with Gasteiger partial charge in [-0.25, -0.2) is 0 Å². The van der Waals surface area contributed by atoms with E-state index in [4.69, 9.17) is 4.42 Å². The van der Waals surface area contributed by atoms with Gasteiger partial charge in [-0.15, -0.1) is 0 Å². The minimum Gasteiger partial charge on any atom is -0.453 e. The predicted octanol–water partition coefficient (Wildman–Crippen LogP) is 13.1. The van der Waals surface area contributed by atoms with Gasteiger partial charge >= 0.3 is 0 Å². The molecule has 11 rings (SSSR count). The average Bonchev–Trinajstić information content (AvgIpc) is 3.86. The molecule has 0 N–H and O–H groups in total. The second-order valence-electron chi connectivity index (χ2n) is 13.3. The van der Waals surface area contributed by atoms with Gasteiger partial charge in [0.15, 0.2) is 5.58 Å². The van der Waals surface area contributed by atoms with Crippen molar-refractivity contribution in [3.8, 4) is 33.6 Å². The maximum Gasteiger partial charge on any atom is 0.160 e. The highest BCUT2D eigenvalue weighted by Crippen LogP contribution is 2.44. The molecule has 0 aliphatic heterocycles. The first-order valence-electron chi connectivity index (χ1n) is 17.4. The van der Waals surface area contributed by atoms with Crippen LogP contribution in [0.3, 0.4) is 0 Å². The summed E-state index contributed by atoms with van der Waals surface area (Å²) < 4.78 is 11.9. The highest BCUT2D eigenvalue weighted by molar-refractivity contribution is 6.27. The maximum atomic E-state index is 7.18. The van der Waals surface area contributed by atoms with Crippen LogP contribution in [-0.4, -0.2) is 9.13 Å². The number of fused-ring (bicyclic) bond motifs is 11. The zero-order valence-electron chi connectivity index (χ0n) is 27.6. The molecule has 0 unspecified atom stereocenters. The molecule has 0 aliphatic rings. The molecule has 0 fully saturated rings. The molecule has 0 amide bonds. The second-order valence-corrected chi connectivity index (χ2v) is 13.3. The molecule has 0 radical (unpaired) electrons. The first-order valence-corrected chi connectivity index (χ1v) is 17.4. The van der Waals surface area contributed by atoms with Crippen LogP contribution < -0.4 is 0 Å². The Hall–Kier alpha value is -6.84. The Morgan fingerprint density at radius 2 is 0.882 bits per heavy atom. The molecule has 11 aromatic rings. The number of hydrogen-bond donors (Lipinski definition) is 0. The molecule has 8 aromatic carbocycles. The minimum absolute atomic E-state index is 0.904. The van der Waals surface area contributed by atoms with Crippen LogP contribution in [0.2, 0.25) is 0 Å². The first-order chi connectivity index (χ1) is 25.3. The van der Waals surface area contributed by atoms with E-state index in [2.05, 4.69) is 191 Å². The zero-order valence-corrected chi connectivity index (χ0v) is 27.6. The van der Waals surface area contributed by atoms with E-state index in [0.29, 0.717) is 0 Å². The molecular formula is C48H30N2O. The van der Waals surface area contributed by atoms with Crippen LogP contribution in [-0.2, 0) is 0 Å². The SMILES string of the molecule is c1ccc(-c2ccc(-n3c4ccccc4c4ccc5c6ccc7c(c8ccccc8n7-c7cccc(-c8ccccc8)c7)c6oc5c43)cc2)cc1. The summed E-state index contributed by atoms with van der Waals surface area (Å²) in [6.45, 7) is 0. The summed E-state index contributed by atoms with van der Waals surface area (Å²) in [6, 6.07) is 65.2. The van der Waals surface area contributed by atoms with Gasteiger partial charge in [-0.2, -0.15) is 0 Å². The third-order valence-corrected chi connectivity index (χ3v) is 10.5. The molecule has 0 aliphatic carbocycles. The van der Waals surface area contributed by atoms with Crippen LogP contribution in [0.4, 0.5) is 0 Å². The Bertz CT molecular complexity index is 3110. The lowest BCUT2D eigenvalue weighted by Crippen LogP contribution is -1.94. The largest absolute Gasteiger partial charge is 0.453 e. The Morgan fingerprint density at radius 3 is 1.65 bits per heavy atom. The van der Waals surface area contributed by atoms with Crippen molar-refractivity contribution in [3.05, 3.63) is 182 Å². The Balaban J connectivity index is 1.19. The van der Waals surface area contributed by atoms with Crippen molar-refractivity contribution in [2.24, 2.45) is 0 Å². The van der Waals surface area contributed by atoms with E-state index in [1.54, 1.807) is 0 Å². The van der Waals surface area contributed by atoms with Gasteiger partial charge in [-0.05, 0) is 76.9 Å². The fraction of sp³-hybridized carbons (Fsp3) is 0. The lowest BCUT2D eigenvalue weighted by atomic mass is 10.1. The van der Waals surface area contributed by atoms with Gasteiger partial charge in [0, 0.05) is 38.3 Å². The third-order valence-electron chi connectivity index (χ3n) is 10.5. The summed E-state index contributed by atoms with van der Waals surface area (Å²) in [5.74, 6) is 0. The standard InChI is InChI=1S/C48H30N2O/c1-3-12-31(13-4-1)33-22-24-35(25-23-33)50-42-20-9-7-18-37(42)38-26-27-40-39-28-29-44-45(47(39)51-48(40)46(38)50)41-19-8-10-21-43(41)49(44)36-17-11-16-34(30-36)32-14-5-2-6-15-32/h1-30H. The third kappa shape index (κ3) is 4.12. The number of nitrogens with zero attached hydrogens (tertiary/aromatic N) is 2. The van der Waals surface area contributed by atoms with Crippen LogP contribution in [0, 0.1) is 0 Å². The fourth-order valence-electron chi connectivity index (χ4n) is 8.23. The highest BCUT2D eigenvalue weighted by atomic mass is 16.3. The van der Waals surface area contributed by atoms with E-state index in [9.17, 15) is 0 Å². The first kappa shape index (κ1) is 28.0. The molecule has 0 saturated carbocycles. The Labute approximate surface area is 293 Å². The molecule has 3 heterocycles. The number of hydrogen-bond acceptors (Lipinski definition) is 1. The van der Waals surface area contributed by atoms with Gasteiger partial charge in [0.2, 0.25) is 0 Å². The monoisotopic (exact) mass is 650 g/mol.